The van der Waals surface area contributed by atoms with Gasteiger partial charge < -0.3 is 24.6 Å². The van der Waals surface area contributed by atoms with Gasteiger partial charge in [-0.05, 0) is 24.1 Å². The maximum atomic E-state index is 5.71. The van der Waals surface area contributed by atoms with Crippen LogP contribution < -0.4 is 10.2 Å². The molecule has 166 valence electrons. The number of hydrogen-bond acceptors (Lipinski definition) is 5. The molecule has 0 bridgehead atoms. The van der Waals surface area contributed by atoms with E-state index in [0.717, 1.165) is 43.4 Å². The maximum Gasteiger partial charge on any atom is 0.193 e. The third-order valence-corrected chi connectivity index (χ3v) is 5.27. The molecule has 1 aromatic carbocycles. The largest absolute Gasteiger partial charge is 0.382 e. The maximum absolute atomic E-state index is 5.71. The predicted octanol–water partition coefficient (Wildman–Crippen LogP) is 2.98. The van der Waals surface area contributed by atoms with Crippen molar-refractivity contribution in [1.82, 2.24) is 15.2 Å². The lowest BCUT2D eigenvalue weighted by Gasteiger charge is -2.22. The monoisotopic (exact) mass is 527 g/mol. The zero-order chi connectivity index (χ0) is 20.6. The number of halogens is 1. The van der Waals surface area contributed by atoms with Gasteiger partial charge in [-0.25, -0.2) is 4.98 Å². The molecule has 0 saturated carbocycles. The molecule has 0 aliphatic carbocycles. The molecule has 2 heterocycles. The van der Waals surface area contributed by atoms with E-state index in [2.05, 4.69) is 39.5 Å². The summed E-state index contributed by atoms with van der Waals surface area (Å²) in [5.74, 6) is 2.44. The average molecular weight is 527 g/mol. The first-order valence-corrected chi connectivity index (χ1v) is 10.2. The lowest BCUT2D eigenvalue weighted by molar-refractivity contribution is 0.0536. The number of aromatic nitrogens is 1. The van der Waals surface area contributed by atoms with E-state index < -0.39 is 0 Å². The molecule has 3 rings (SSSR count). The molecule has 0 spiro atoms. The Morgan fingerprint density at radius 3 is 2.83 bits per heavy atom. The second-order valence-corrected chi connectivity index (χ2v) is 7.62. The third-order valence-electron chi connectivity index (χ3n) is 5.27. The Labute approximate surface area is 196 Å². The van der Waals surface area contributed by atoms with E-state index in [4.69, 9.17) is 14.5 Å². The number of nitrogens with one attached hydrogen (secondary N) is 1. The third kappa shape index (κ3) is 6.42. The number of anilines is 1. The molecule has 8 heteroatoms. The molecule has 0 amide bonds. The summed E-state index contributed by atoms with van der Waals surface area (Å²) in [6, 6.07) is 10.4. The highest BCUT2D eigenvalue weighted by Gasteiger charge is 2.25. The van der Waals surface area contributed by atoms with Gasteiger partial charge in [0.15, 0.2) is 5.96 Å². The molecule has 30 heavy (non-hydrogen) atoms. The molecular formula is C22H34IN5O2. The summed E-state index contributed by atoms with van der Waals surface area (Å²) in [4.78, 5) is 13.6. The minimum Gasteiger partial charge on any atom is -0.382 e. The van der Waals surface area contributed by atoms with Crippen molar-refractivity contribution in [2.75, 3.05) is 66.1 Å². The van der Waals surface area contributed by atoms with E-state index in [0.29, 0.717) is 25.7 Å². The van der Waals surface area contributed by atoms with E-state index in [-0.39, 0.29) is 24.0 Å². The summed E-state index contributed by atoms with van der Waals surface area (Å²) in [6.45, 7) is 4.75. The number of guanidine groups is 1. The van der Waals surface area contributed by atoms with E-state index in [1.807, 2.05) is 32.1 Å². The number of nitrogens with zero attached hydrogens (tertiary/aromatic N) is 4. The van der Waals surface area contributed by atoms with Crippen molar-refractivity contribution in [1.29, 1.82) is 0 Å². The van der Waals surface area contributed by atoms with Crippen LogP contribution in [-0.2, 0) is 16.0 Å². The molecule has 2 aromatic rings. The van der Waals surface area contributed by atoms with Crippen molar-refractivity contribution < 1.29 is 9.47 Å². The van der Waals surface area contributed by atoms with Crippen LogP contribution in [0.1, 0.15) is 12.0 Å². The summed E-state index contributed by atoms with van der Waals surface area (Å²) in [6.07, 6.45) is 1.12. The van der Waals surface area contributed by atoms with Gasteiger partial charge in [0, 0.05) is 59.2 Å². The van der Waals surface area contributed by atoms with Gasteiger partial charge in [0.2, 0.25) is 0 Å². The van der Waals surface area contributed by atoms with Gasteiger partial charge >= 0.3 is 0 Å². The summed E-state index contributed by atoms with van der Waals surface area (Å²) in [7, 11) is 7.59. The number of rotatable bonds is 8. The first kappa shape index (κ1) is 24.6. The van der Waals surface area contributed by atoms with Gasteiger partial charge in [0.25, 0.3) is 0 Å². The minimum absolute atomic E-state index is 0. The molecule has 1 saturated heterocycles. The lowest BCUT2D eigenvalue weighted by Crippen LogP contribution is -2.40. The van der Waals surface area contributed by atoms with Crippen molar-refractivity contribution >= 4 is 46.7 Å². The molecule has 1 N–H and O–H groups in total. The van der Waals surface area contributed by atoms with Crippen LogP contribution in [0.3, 0.4) is 0 Å². The Kier molecular flexibility index (Phi) is 10.1. The van der Waals surface area contributed by atoms with Crippen molar-refractivity contribution in [3.63, 3.8) is 0 Å². The van der Waals surface area contributed by atoms with Gasteiger partial charge in [-0.15, -0.1) is 24.0 Å². The first-order valence-electron chi connectivity index (χ1n) is 10.2. The van der Waals surface area contributed by atoms with E-state index in [9.17, 15) is 0 Å². The Bertz CT molecular complexity index is 830. The van der Waals surface area contributed by atoms with Crippen molar-refractivity contribution in [3.8, 4) is 0 Å². The molecule has 1 atom stereocenters. The Morgan fingerprint density at radius 1 is 1.30 bits per heavy atom. The average Bonchev–Trinajstić information content (AvgIpc) is 3.20. The van der Waals surface area contributed by atoms with Crippen LogP contribution in [0.2, 0.25) is 0 Å². The predicted molar refractivity (Wildman–Crippen MR) is 134 cm³/mol. The summed E-state index contributed by atoms with van der Waals surface area (Å²) in [5.41, 5.74) is 2.24. The first-order chi connectivity index (χ1) is 14.1. The smallest absolute Gasteiger partial charge is 0.193 e. The number of benzene rings is 1. The van der Waals surface area contributed by atoms with E-state index in [1.54, 1.807) is 7.11 Å². The quantitative estimate of drug-likeness (QED) is 0.247. The van der Waals surface area contributed by atoms with Crippen LogP contribution in [0.15, 0.2) is 35.3 Å². The van der Waals surface area contributed by atoms with E-state index >= 15 is 0 Å². The molecule has 1 fully saturated rings. The number of para-hydroxylation sites is 1. The number of likely N-dealkylation sites (tertiary alicyclic amines) is 1. The van der Waals surface area contributed by atoms with Crippen LogP contribution in [-0.4, -0.2) is 77.0 Å². The van der Waals surface area contributed by atoms with Gasteiger partial charge in [0.1, 0.15) is 5.82 Å². The molecule has 1 unspecified atom stereocenters. The van der Waals surface area contributed by atoms with Gasteiger partial charge in [0.05, 0.1) is 25.3 Å². The molecule has 7 nitrogen and oxygen atoms in total. The minimum atomic E-state index is 0. The summed E-state index contributed by atoms with van der Waals surface area (Å²) < 4.78 is 10.7. The van der Waals surface area contributed by atoms with Gasteiger partial charge in [-0.1, -0.05) is 18.2 Å². The number of methoxy groups -OCH3 is 1. The Balaban J connectivity index is 0.00000320. The molecule has 1 aliphatic rings. The number of fused-ring (bicyclic) bond motifs is 1. The zero-order valence-electron chi connectivity index (χ0n) is 18.4. The highest BCUT2D eigenvalue weighted by molar-refractivity contribution is 14.0. The molecular weight excluding hydrogens is 493 g/mol. The van der Waals surface area contributed by atoms with Gasteiger partial charge in [-0.2, -0.15) is 0 Å². The number of aliphatic imine (C=N–C) groups is 1. The summed E-state index contributed by atoms with van der Waals surface area (Å²) in [5, 5.41) is 4.72. The van der Waals surface area contributed by atoms with Gasteiger partial charge in [-0.3, -0.25) is 4.99 Å². The Hall–Kier alpha value is -1.65. The van der Waals surface area contributed by atoms with Crippen molar-refractivity contribution in [3.05, 3.63) is 35.9 Å². The number of ether oxygens (including phenoxy) is 2. The van der Waals surface area contributed by atoms with Crippen molar-refractivity contribution in [2.24, 2.45) is 10.9 Å². The fraction of sp³-hybridized carbons (Fsp3) is 0.545. The van der Waals surface area contributed by atoms with Crippen LogP contribution in [0.4, 0.5) is 5.82 Å². The summed E-state index contributed by atoms with van der Waals surface area (Å²) >= 11 is 0. The van der Waals surface area contributed by atoms with Crippen LogP contribution in [0.5, 0.6) is 0 Å². The molecule has 1 aliphatic heterocycles. The highest BCUT2D eigenvalue weighted by Crippen LogP contribution is 2.22. The Morgan fingerprint density at radius 2 is 2.10 bits per heavy atom. The van der Waals surface area contributed by atoms with Crippen LogP contribution in [0, 0.1) is 5.92 Å². The van der Waals surface area contributed by atoms with Crippen molar-refractivity contribution in [2.45, 2.75) is 13.0 Å². The standard InChI is InChI=1S/C22H33N5O2.HI/c1-23-22(27-10-9-17(15-27)16-29-12-11-28-4)24-14-18-13-21(26(2)3)25-20-8-6-5-7-19(18)20;/h5-8,13,17H,9-12,14-16H2,1-4H3,(H,23,24);1H. The van der Waals surface area contributed by atoms with Crippen LogP contribution >= 0.6 is 24.0 Å². The highest BCUT2D eigenvalue weighted by atomic mass is 127. The second kappa shape index (κ2) is 12.3. The number of hydrogen-bond donors (Lipinski definition) is 1. The SMILES string of the molecule is CN=C(NCc1cc(N(C)C)nc2ccccc12)N1CCC(COCCOC)C1.I. The second-order valence-electron chi connectivity index (χ2n) is 7.62. The molecule has 1 aromatic heterocycles. The topological polar surface area (TPSA) is 62.2 Å². The lowest BCUT2D eigenvalue weighted by atomic mass is 10.1. The van der Waals surface area contributed by atoms with Crippen LogP contribution in [0.25, 0.3) is 10.9 Å². The van der Waals surface area contributed by atoms with E-state index in [1.165, 1.54) is 10.9 Å². The zero-order valence-corrected chi connectivity index (χ0v) is 20.8. The fourth-order valence-corrected chi connectivity index (χ4v) is 3.67. The number of pyridine rings is 1. The fourth-order valence-electron chi connectivity index (χ4n) is 3.67. The molecule has 0 radical (unpaired) electrons. The normalized spacial score (nSPS) is 16.6.